The van der Waals surface area contributed by atoms with Crippen molar-refractivity contribution in [1.82, 2.24) is 14.9 Å². The molecule has 0 atom stereocenters. The highest BCUT2D eigenvalue weighted by atomic mass is 16.2. The Morgan fingerprint density at radius 1 is 1.00 bits per heavy atom. The Morgan fingerprint density at radius 3 is 2.48 bits per heavy atom. The molecule has 5 heteroatoms. The van der Waals surface area contributed by atoms with Gasteiger partial charge >= 0.3 is 0 Å². The number of carbonyl (C=O) groups excluding carboxylic acids is 1. The number of pyridine rings is 2. The van der Waals surface area contributed by atoms with E-state index in [1.54, 1.807) is 0 Å². The van der Waals surface area contributed by atoms with E-state index in [9.17, 15) is 4.79 Å². The molecule has 0 spiro atoms. The van der Waals surface area contributed by atoms with Crippen LogP contribution in [0.1, 0.15) is 16.8 Å². The summed E-state index contributed by atoms with van der Waals surface area (Å²) in [5.74, 6) is 1.16. The van der Waals surface area contributed by atoms with Crippen LogP contribution in [0.2, 0.25) is 0 Å². The van der Waals surface area contributed by atoms with Crippen molar-refractivity contribution in [3.8, 4) is 0 Å². The molecule has 1 aliphatic heterocycles. The number of fused-ring (bicyclic) bond motifs is 1. The number of aromatic nitrogens is 2. The smallest absolute Gasteiger partial charge is 0.227 e. The minimum absolute atomic E-state index is 0.180. The van der Waals surface area contributed by atoms with Crippen LogP contribution in [0.5, 0.6) is 0 Å². The van der Waals surface area contributed by atoms with Gasteiger partial charge in [0.25, 0.3) is 0 Å². The summed E-state index contributed by atoms with van der Waals surface area (Å²) in [4.78, 5) is 26.2. The number of benzene rings is 1. The van der Waals surface area contributed by atoms with Gasteiger partial charge in [0.05, 0.1) is 11.9 Å². The van der Waals surface area contributed by atoms with E-state index in [1.165, 1.54) is 5.56 Å². The zero-order chi connectivity index (χ0) is 18.8. The molecule has 27 heavy (non-hydrogen) atoms. The number of carbonyl (C=O) groups is 1. The number of amides is 1. The van der Waals surface area contributed by atoms with E-state index in [0.717, 1.165) is 54.2 Å². The Morgan fingerprint density at radius 2 is 1.74 bits per heavy atom. The SMILES string of the molecule is Cc1nc2ccccc2c(C)c1CC(=O)N1CCN(c2ccccn2)CC1. The average Bonchev–Trinajstić information content (AvgIpc) is 2.72. The molecule has 1 aliphatic rings. The van der Waals surface area contributed by atoms with Crippen molar-refractivity contribution in [1.29, 1.82) is 0 Å². The maximum absolute atomic E-state index is 12.9. The molecule has 1 saturated heterocycles. The summed E-state index contributed by atoms with van der Waals surface area (Å²) in [6, 6.07) is 14.1. The lowest BCUT2D eigenvalue weighted by Gasteiger charge is -2.35. The van der Waals surface area contributed by atoms with Gasteiger partial charge in [-0.2, -0.15) is 0 Å². The maximum atomic E-state index is 12.9. The fraction of sp³-hybridized carbons (Fsp3) is 0.318. The van der Waals surface area contributed by atoms with Gasteiger partial charge in [-0.1, -0.05) is 24.3 Å². The van der Waals surface area contributed by atoms with Gasteiger partial charge in [-0.15, -0.1) is 0 Å². The topological polar surface area (TPSA) is 49.3 Å². The quantitative estimate of drug-likeness (QED) is 0.720. The number of nitrogens with zero attached hydrogens (tertiary/aromatic N) is 4. The zero-order valence-electron chi connectivity index (χ0n) is 15.9. The van der Waals surface area contributed by atoms with E-state index in [2.05, 4.69) is 22.9 Å². The molecular weight excluding hydrogens is 336 g/mol. The summed E-state index contributed by atoms with van der Waals surface area (Å²) in [5.41, 5.74) is 4.17. The maximum Gasteiger partial charge on any atom is 0.227 e. The van der Waals surface area contributed by atoms with Gasteiger partial charge in [0.1, 0.15) is 5.82 Å². The molecule has 4 rings (SSSR count). The molecule has 0 N–H and O–H groups in total. The minimum atomic E-state index is 0.180. The summed E-state index contributed by atoms with van der Waals surface area (Å²) >= 11 is 0. The standard InChI is InChI=1S/C22H24N4O/c1-16-18-7-3-4-8-20(18)24-17(2)19(16)15-22(27)26-13-11-25(12-14-26)21-9-5-6-10-23-21/h3-10H,11-15H2,1-2H3. The fourth-order valence-corrected chi connectivity index (χ4v) is 3.82. The van der Waals surface area contributed by atoms with E-state index in [0.29, 0.717) is 6.42 Å². The van der Waals surface area contributed by atoms with Crippen molar-refractivity contribution >= 4 is 22.6 Å². The van der Waals surface area contributed by atoms with E-state index < -0.39 is 0 Å². The lowest BCUT2D eigenvalue weighted by molar-refractivity contribution is -0.130. The molecule has 0 aliphatic carbocycles. The summed E-state index contributed by atoms with van der Waals surface area (Å²) in [6.07, 6.45) is 2.23. The molecule has 1 aromatic carbocycles. The van der Waals surface area contributed by atoms with Crippen molar-refractivity contribution in [2.45, 2.75) is 20.3 Å². The molecule has 3 heterocycles. The van der Waals surface area contributed by atoms with Crippen LogP contribution < -0.4 is 4.90 Å². The Labute approximate surface area is 159 Å². The minimum Gasteiger partial charge on any atom is -0.353 e. The molecule has 5 nitrogen and oxygen atoms in total. The van der Waals surface area contributed by atoms with Crippen molar-refractivity contribution < 1.29 is 4.79 Å². The second kappa shape index (κ2) is 7.35. The van der Waals surface area contributed by atoms with E-state index >= 15 is 0 Å². The van der Waals surface area contributed by atoms with E-state index in [4.69, 9.17) is 4.98 Å². The molecule has 1 amide bonds. The number of para-hydroxylation sites is 1. The van der Waals surface area contributed by atoms with Gasteiger partial charge in [-0.05, 0) is 43.2 Å². The Kier molecular flexibility index (Phi) is 4.75. The second-order valence-corrected chi connectivity index (χ2v) is 7.05. The summed E-state index contributed by atoms with van der Waals surface area (Å²) in [5, 5.41) is 1.13. The number of aryl methyl sites for hydroxylation is 2. The van der Waals surface area contributed by atoms with Gasteiger partial charge in [0, 0.05) is 43.5 Å². The number of hydrogen-bond acceptors (Lipinski definition) is 4. The lowest BCUT2D eigenvalue weighted by atomic mass is 9.99. The first-order valence-electron chi connectivity index (χ1n) is 9.42. The molecular formula is C22H24N4O. The van der Waals surface area contributed by atoms with Gasteiger partial charge in [-0.3, -0.25) is 9.78 Å². The van der Waals surface area contributed by atoms with Crippen molar-refractivity contribution in [2.75, 3.05) is 31.1 Å². The highest BCUT2D eigenvalue weighted by Gasteiger charge is 2.23. The Bertz CT molecular complexity index is 963. The van der Waals surface area contributed by atoms with Crippen LogP contribution in [0.25, 0.3) is 10.9 Å². The van der Waals surface area contributed by atoms with E-state index in [-0.39, 0.29) is 5.91 Å². The summed E-state index contributed by atoms with van der Waals surface area (Å²) < 4.78 is 0. The van der Waals surface area contributed by atoms with Crippen LogP contribution >= 0.6 is 0 Å². The summed E-state index contributed by atoms with van der Waals surface area (Å²) in [7, 11) is 0. The Hall–Kier alpha value is -2.95. The van der Waals surface area contributed by atoms with Gasteiger partial charge < -0.3 is 9.80 Å². The summed E-state index contributed by atoms with van der Waals surface area (Å²) in [6.45, 7) is 7.19. The van der Waals surface area contributed by atoms with Crippen LogP contribution in [-0.4, -0.2) is 47.0 Å². The van der Waals surface area contributed by atoms with Crippen LogP contribution in [0.3, 0.4) is 0 Å². The number of piperazine rings is 1. The van der Waals surface area contributed by atoms with Crippen LogP contribution in [0.4, 0.5) is 5.82 Å². The first-order chi connectivity index (χ1) is 13.1. The van der Waals surface area contributed by atoms with Gasteiger partial charge in [-0.25, -0.2) is 4.98 Å². The molecule has 0 saturated carbocycles. The fourth-order valence-electron chi connectivity index (χ4n) is 3.82. The monoisotopic (exact) mass is 360 g/mol. The van der Waals surface area contributed by atoms with Crippen LogP contribution in [0, 0.1) is 13.8 Å². The number of anilines is 1. The van der Waals surface area contributed by atoms with Crippen LogP contribution in [0.15, 0.2) is 48.7 Å². The molecule has 2 aromatic heterocycles. The number of rotatable bonds is 3. The predicted octanol–water partition coefficient (Wildman–Crippen LogP) is 3.14. The molecule has 0 radical (unpaired) electrons. The molecule has 0 unspecified atom stereocenters. The van der Waals surface area contributed by atoms with Gasteiger partial charge in [0.2, 0.25) is 5.91 Å². The first kappa shape index (κ1) is 17.5. The normalized spacial score (nSPS) is 14.6. The first-order valence-corrected chi connectivity index (χ1v) is 9.42. The van der Waals surface area contributed by atoms with Crippen LogP contribution in [-0.2, 0) is 11.2 Å². The third-order valence-electron chi connectivity index (χ3n) is 5.42. The van der Waals surface area contributed by atoms with Crippen molar-refractivity contribution in [3.63, 3.8) is 0 Å². The highest BCUT2D eigenvalue weighted by molar-refractivity contribution is 5.86. The third kappa shape index (κ3) is 3.50. The zero-order valence-corrected chi connectivity index (χ0v) is 15.9. The largest absolute Gasteiger partial charge is 0.353 e. The molecule has 138 valence electrons. The van der Waals surface area contributed by atoms with Crippen molar-refractivity contribution in [3.05, 3.63) is 65.5 Å². The molecule has 0 bridgehead atoms. The van der Waals surface area contributed by atoms with Gasteiger partial charge in [0.15, 0.2) is 0 Å². The second-order valence-electron chi connectivity index (χ2n) is 7.05. The predicted molar refractivity (Wildman–Crippen MR) is 108 cm³/mol. The van der Waals surface area contributed by atoms with E-state index in [1.807, 2.05) is 54.4 Å². The van der Waals surface area contributed by atoms with Crippen molar-refractivity contribution in [2.24, 2.45) is 0 Å². The third-order valence-corrected chi connectivity index (χ3v) is 5.42. The Balaban J connectivity index is 1.47. The highest BCUT2D eigenvalue weighted by Crippen LogP contribution is 2.23. The number of hydrogen-bond donors (Lipinski definition) is 0. The molecule has 3 aromatic rings. The molecule has 1 fully saturated rings. The lowest BCUT2D eigenvalue weighted by Crippen LogP contribution is -2.49. The average molecular weight is 360 g/mol.